The third kappa shape index (κ3) is 4.53. The highest BCUT2D eigenvalue weighted by molar-refractivity contribution is 7.90. The Morgan fingerprint density at radius 3 is 2.57 bits per heavy atom. The van der Waals surface area contributed by atoms with E-state index in [4.69, 9.17) is 4.74 Å². The minimum absolute atomic E-state index is 0.0118. The van der Waals surface area contributed by atoms with E-state index in [2.05, 4.69) is 29.0 Å². The lowest BCUT2D eigenvalue weighted by Crippen LogP contribution is -2.46. The molecule has 0 aromatic heterocycles. The van der Waals surface area contributed by atoms with Crippen LogP contribution in [0.3, 0.4) is 0 Å². The van der Waals surface area contributed by atoms with E-state index in [9.17, 15) is 8.42 Å². The number of aryl methyl sites for hydroxylation is 1. The summed E-state index contributed by atoms with van der Waals surface area (Å²) in [5.41, 5.74) is 2.38. The van der Waals surface area contributed by atoms with Crippen LogP contribution in [0.5, 0.6) is 0 Å². The van der Waals surface area contributed by atoms with Gasteiger partial charge in [-0.3, -0.25) is 0 Å². The normalized spacial score (nSPS) is 23.4. The number of hydrogen-bond donors (Lipinski definition) is 1. The molecule has 1 aliphatic rings. The minimum Gasteiger partial charge on any atom is -0.381 e. The quantitative estimate of drug-likeness (QED) is 0.907. The van der Waals surface area contributed by atoms with Crippen molar-refractivity contribution in [2.24, 2.45) is 5.92 Å². The van der Waals surface area contributed by atoms with Crippen molar-refractivity contribution in [1.29, 1.82) is 0 Å². The number of hydrogen-bond acceptors (Lipinski definition) is 3. The van der Waals surface area contributed by atoms with Gasteiger partial charge in [-0.15, -0.1) is 0 Å². The summed E-state index contributed by atoms with van der Waals surface area (Å²) in [6.45, 7) is 6.79. The van der Waals surface area contributed by atoms with Gasteiger partial charge >= 0.3 is 0 Å². The molecule has 0 radical (unpaired) electrons. The molecule has 0 bridgehead atoms. The highest BCUT2D eigenvalue weighted by Crippen LogP contribution is 2.25. The molecular formula is C16H25NO3S. The van der Waals surface area contributed by atoms with E-state index in [-0.39, 0.29) is 17.2 Å². The Hall–Kier alpha value is -0.910. The van der Waals surface area contributed by atoms with Gasteiger partial charge in [0.25, 0.3) is 0 Å². The fraction of sp³-hybridized carbons (Fsp3) is 0.625. The number of ether oxygens (including phenoxy) is 1. The topological polar surface area (TPSA) is 55.4 Å². The van der Waals surface area contributed by atoms with Crippen molar-refractivity contribution in [3.63, 3.8) is 0 Å². The van der Waals surface area contributed by atoms with Gasteiger partial charge < -0.3 is 4.74 Å². The third-order valence-electron chi connectivity index (χ3n) is 3.82. The van der Waals surface area contributed by atoms with Crippen LogP contribution in [0, 0.1) is 12.8 Å². The monoisotopic (exact) mass is 311 g/mol. The lowest BCUT2D eigenvalue weighted by molar-refractivity contribution is 0.0569. The summed E-state index contributed by atoms with van der Waals surface area (Å²) in [6, 6.07) is 8.20. The molecule has 0 unspecified atom stereocenters. The molecule has 4 nitrogen and oxygen atoms in total. The molecule has 1 aliphatic heterocycles. The molecule has 21 heavy (non-hydrogen) atoms. The second kappa shape index (κ2) is 6.90. The molecule has 1 fully saturated rings. The molecule has 5 heteroatoms. The zero-order valence-electron chi connectivity index (χ0n) is 13.0. The first-order chi connectivity index (χ1) is 9.88. The van der Waals surface area contributed by atoms with Crippen LogP contribution in [-0.4, -0.2) is 32.9 Å². The molecule has 0 saturated carbocycles. The smallest absolute Gasteiger partial charge is 0.215 e. The third-order valence-corrected chi connectivity index (χ3v) is 6.04. The average Bonchev–Trinajstić information content (AvgIpc) is 2.40. The second-order valence-electron chi connectivity index (χ2n) is 6.17. The first-order valence-corrected chi connectivity index (χ1v) is 9.07. The molecule has 1 N–H and O–H groups in total. The molecule has 118 valence electrons. The number of sulfonamides is 1. The molecule has 1 saturated heterocycles. The van der Waals surface area contributed by atoms with Gasteiger partial charge in [-0.2, -0.15) is 0 Å². The van der Waals surface area contributed by atoms with E-state index in [1.54, 1.807) is 0 Å². The highest BCUT2D eigenvalue weighted by Gasteiger charge is 2.36. The first-order valence-electron chi connectivity index (χ1n) is 7.53. The minimum atomic E-state index is -3.29. The SMILES string of the molecule is Cc1ccc(C[C@H]2COCC[C@H]2S(=O)(=O)NC(C)C)cc1. The largest absolute Gasteiger partial charge is 0.381 e. The standard InChI is InChI=1S/C16H25NO3S/c1-12(2)17-21(18,19)16-8-9-20-11-15(16)10-14-6-4-13(3)5-7-14/h4-7,12,15-17H,8-11H2,1-3H3/t15-,16+/m0/s1. The van der Waals surface area contributed by atoms with Crippen LogP contribution in [-0.2, 0) is 21.2 Å². The lowest BCUT2D eigenvalue weighted by Gasteiger charge is -2.32. The van der Waals surface area contributed by atoms with Gasteiger partial charge in [0, 0.05) is 18.6 Å². The zero-order chi connectivity index (χ0) is 15.5. The maximum atomic E-state index is 12.5. The molecule has 1 heterocycles. The van der Waals surface area contributed by atoms with E-state index in [0.717, 1.165) is 6.42 Å². The molecule has 0 aliphatic carbocycles. The molecular weight excluding hydrogens is 286 g/mol. The fourth-order valence-corrected chi connectivity index (χ4v) is 4.74. The second-order valence-corrected chi connectivity index (χ2v) is 8.10. The predicted molar refractivity (Wildman–Crippen MR) is 84.8 cm³/mol. The molecule has 2 atom stereocenters. The number of nitrogens with one attached hydrogen (secondary N) is 1. The Bertz CT molecular complexity index is 551. The van der Waals surface area contributed by atoms with Gasteiger partial charge in [-0.1, -0.05) is 29.8 Å². The summed E-state index contributed by atoms with van der Waals surface area (Å²) in [4.78, 5) is 0. The molecule has 0 spiro atoms. The van der Waals surface area contributed by atoms with Gasteiger partial charge in [0.15, 0.2) is 0 Å². The van der Waals surface area contributed by atoms with Gasteiger partial charge in [-0.25, -0.2) is 13.1 Å². The molecule has 2 rings (SSSR count). The van der Waals surface area contributed by atoms with E-state index in [1.165, 1.54) is 11.1 Å². The summed E-state index contributed by atoms with van der Waals surface area (Å²) in [6.07, 6.45) is 1.31. The van der Waals surface area contributed by atoms with Crippen LogP contribution in [0.25, 0.3) is 0 Å². The maximum absolute atomic E-state index is 12.5. The van der Waals surface area contributed by atoms with E-state index in [0.29, 0.717) is 19.6 Å². The Labute approximate surface area is 127 Å². The zero-order valence-corrected chi connectivity index (χ0v) is 13.8. The highest BCUT2D eigenvalue weighted by atomic mass is 32.2. The maximum Gasteiger partial charge on any atom is 0.215 e. The number of benzene rings is 1. The predicted octanol–water partition coefficient (Wildman–Crippen LogP) is 2.27. The van der Waals surface area contributed by atoms with Gasteiger partial charge in [0.1, 0.15) is 0 Å². The fourth-order valence-electron chi connectivity index (χ4n) is 2.82. The van der Waals surface area contributed by atoms with Crippen molar-refractivity contribution < 1.29 is 13.2 Å². The van der Waals surface area contributed by atoms with Crippen LogP contribution >= 0.6 is 0 Å². The van der Waals surface area contributed by atoms with Crippen molar-refractivity contribution in [3.05, 3.63) is 35.4 Å². The van der Waals surface area contributed by atoms with Crippen molar-refractivity contribution in [2.75, 3.05) is 13.2 Å². The molecule has 1 aromatic rings. The summed E-state index contributed by atoms with van der Waals surface area (Å²) < 4.78 is 33.2. The van der Waals surface area contributed by atoms with Crippen molar-refractivity contribution >= 4 is 10.0 Å². The van der Waals surface area contributed by atoms with Crippen LogP contribution in [0.1, 0.15) is 31.4 Å². The summed E-state index contributed by atoms with van der Waals surface area (Å²) in [5, 5.41) is -0.366. The first kappa shape index (κ1) is 16.5. The Balaban J connectivity index is 2.13. The van der Waals surface area contributed by atoms with E-state index in [1.807, 2.05) is 20.8 Å². The van der Waals surface area contributed by atoms with Crippen LogP contribution in [0.15, 0.2) is 24.3 Å². The van der Waals surface area contributed by atoms with E-state index < -0.39 is 10.0 Å². The Morgan fingerprint density at radius 2 is 1.95 bits per heavy atom. The average molecular weight is 311 g/mol. The van der Waals surface area contributed by atoms with Gasteiger partial charge in [0.05, 0.1) is 11.9 Å². The summed E-state index contributed by atoms with van der Waals surface area (Å²) >= 11 is 0. The van der Waals surface area contributed by atoms with Gasteiger partial charge in [0.2, 0.25) is 10.0 Å². The summed E-state index contributed by atoms with van der Waals surface area (Å²) in [5.74, 6) is 0.0118. The lowest BCUT2D eigenvalue weighted by atomic mass is 9.93. The molecule has 1 aromatic carbocycles. The van der Waals surface area contributed by atoms with Crippen molar-refractivity contribution in [3.8, 4) is 0 Å². The Kier molecular flexibility index (Phi) is 5.41. The summed E-state index contributed by atoms with van der Waals surface area (Å²) in [7, 11) is -3.29. The van der Waals surface area contributed by atoms with Crippen LogP contribution in [0.4, 0.5) is 0 Å². The van der Waals surface area contributed by atoms with Crippen LogP contribution in [0.2, 0.25) is 0 Å². The number of rotatable bonds is 5. The van der Waals surface area contributed by atoms with Crippen molar-refractivity contribution in [2.45, 2.75) is 44.9 Å². The Morgan fingerprint density at radius 1 is 1.29 bits per heavy atom. The van der Waals surface area contributed by atoms with Crippen LogP contribution < -0.4 is 4.72 Å². The molecule has 0 amide bonds. The van der Waals surface area contributed by atoms with E-state index >= 15 is 0 Å². The van der Waals surface area contributed by atoms with Crippen molar-refractivity contribution in [1.82, 2.24) is 4.72 Å². The van der Waals surface area contributed by atoms with Gasteiger partial charge in [-0.05, 0) is 39.2 Å².